The van der Waals surface area contributed by atoms with Gasteiger partial charge in [-0.25, -0.2) is 4.98 Å². The van der Waals surface area contributed by atoms with Crippen LogP contribution >= 0.6 is 0 Å². The highest BCUT2D eigenvalue weighted by Gasteiger charge is 2.10. The van der Waals surface area contributed by atoms with Crippen LogP contribution in [0, 0.1) is 6.92 Å². The molecule has 1 heterocycles. The monoisotopic (exact) mass is 256 g/mol. The first-order valence-corrected chi connectivity index (χ1v) is 6.58. The normalized spacial score (nSPS) is 11.9. The molecule has 1 atom stereocenters. The molecule has 4 heteroatoms. The van der Waals surface area contributed by atoms with Gasteiger partial charge >= 0.3 is 0 Å². The molecule has 2 rings (SSSR count). The van der Waals surface area contributed by atoms with Gasteiger partial charge in [-0.2, -0.15) is 4.98 Å². The summed E-state index contributed by atoms with van der Waals surface area (Å²) in [5.74, 6) is 1.50. The molecule has 0 amide bonds. The fourth-order valence-corrected chi connectivity index (χ4v) is 2.04. The van der Waals surface area contributed by atoms with Crippen LogP contribution in [-0.2, 0) is 0 Å². The molecule has 0 saturated heterocycles. The molecule has 100 valence electrons. The van der Waals surface area contributed by atoms with Gasteiger partial charge in [-0.15, -0.1) is 0 Å². The summed E-state index contributed by atoms with van der Waals surface area (Å²) in [6.07, 6.45) is 1.00. The molecule has 2 aromatic rings. The topological polar surface area (TPSA) is 49.8 Å². The summed E-state index contributed by atoms with van der Waals surface area (Å²) in [4.78, 5) is 8.73. The van der Waals surface area contributed by atoms with Crippen molar-refractivity contribution in [3.05, 3.63) is 47.7 Å². The van der Waals surface area contributed by atoms with Crippen molar-refractivity contribution in [2.75, 3.05) is 17.7 Å². The van der Waals surface area contributed by atoms with Crippen molar-refractivity contribution in [3.63, 3.8) is 0 Å². The highest BCUT2D eigenvalue weighted by molar-refractivity contribution is 5.44. The average Bonchev–Trinajstić information content (AvgIpc) is 2.45. The Hall–Kier alpha value is -2.10. The summed E-state index contributed by atoms with van der Waals surface area (Å²) >= 11 is 0. The van der Waals surface area contributed by atoms with Crippen LogP contribution in [0.2, 0.25) is 0 Å². The summed E-state index contributed by atoms with van der Waals surface area (Å²) < 4.78 is 0. The third kappa shape index (κ3) is 3.44. The lowest BCUT2D eigenvalue weighted by atomic mass is 10.0. The smallest absolute Gasteiger partial charge is 0.224 e. The summed E-state index contributed by atoms with van der Waals surface area (Å²) in [6.45, 7) is 4.13. The van der Waals surface area contributed by atoms with Crippen molar-refractivity contribution in [2.45, 2.75) is 26.3 Å². The second-order valence-corrected chi connectivity index (χ2v) is 4.48. The number of rotatable bonds is 5. The molecular weight excluding hydrogens is 236 g/mol. The summed E-state index contributed by atoms with van der Waals surface area (Å²) in [5.41, 5.74) is 2.22. The maximum atomic E-state index is 4.43. The predicted octanol–water partition coefficient (Wildman–Crippen LogP) is 3.39. The SMILES string of the molecule is CCC(Nc1cc(C)nc(NC)n1)c1ccccc1. The van der Waals surface area contributed by atoms with E-state index in [1.54, 1.807) is 0 Å². The van der Waals surface area contributed by atoms with Crippen molar-refractivity contribution in [2.24, 2.45) is 0 Å². The molecule has 0 bridgehead atoms. The summed E-state index contributed by atoms with van der Waals surface area (Å²) in [5, 5.41) is 6.45. The zero-order valence-electron chi connectivity index (χ0n) is 11.6. The van der Waals surface area contributed by atoms with Gasteiger partial charge in [0.2, 0.25) is 5.95 Å². The van der Waals surface area contributed by atoms with E-state index in [9.17, 15) is 0 Å². The number of benzene rings is 1. The number of hydrogen-bond acceptors (Lipinski definition) is 4. The Morgan fingerprint density at radius 3 is 2.53 bits per heavy atom. The highest BCUT2D eigenvalue weighted by atomic mass is 15.1. The van der Waals surface area contributed by atoms with Crippen LogP contribution in [0.3, 0.4) is 0 Å². The number of aromatic nitrogens is 2. The second-order valence-electron chi connectivity index (χ2n) is 4.48. The molecule has 4 nitrogen and oxygen atoms in total. The van der Waals surface area contributed by atoms with E-state index < -0.39 is 0 Å². The van der Waals surface area contributed by atoms with Crippen molar-refractivity contribution in [1.82, 2.24) is 9.97 Å². The average molecular weight is 256 g/mol. The van der Waals surface area contributed by atoms with Crippen molar-refractivity contribution < 1.29 is 0 Å². The summed E-state index contributed by atoms with van der Waals surface area (Å²) in [6, 6.07) is 12.6. The first kappa shape index (κ1) is 13.3. The molecule has 0 spiro atoms. The zero-order valence-corrected chi connectivity index (χ0v) is 11.6. The van der Waals surface area contributed by atoms with Crippen LogP contribution in [-0.4, -0.2) is 17.0 Å². The Morgan fingerprint density at radius 1 is 1.16 bits per heavy atom. The number of anilines is 2. The molecule has 0 aliphatic carbocycles. The van der Waals surface area contributed by atoms with E-state index in [4.69, 9.17) is 0 Å². The standard InChI is InChI=1S/C15H20N4/c1-4-13(12-8-6-5-7-9-12)18-14-10-11(2)17-15(16-3)19-14/h5-10,13H,4H2,1-3H3,(H2,16,17,18,19). The highest BCUT2D eigenvalue weighted by Crippen LogP contribution is 2.22. The Labute approximate surface area is 114 Å². The minimum atomic E-state index is 0.264. The van der Waals surface area contributed by atoms with Crippen LogP contribution in [0.25, 0.3) is 0 Å². The second kappa shape index (κ2) is 6.18. The maximum Gasteiger partial charge on any atom is 0.224 e. The van der Waals surface area contributed by atoms with E-state index in [-0.39, 0.29) is 6.04 Å². The van der Waals surface area contributed by atoms with Crippen molar-refractivity contribution in [1.29, 1.82) is 0 Å². The largest absolute Gasteiger partial charge is 0.363 e. The minimum Gasteiger partial charge on any atom is -0.363 e. The molecule has 1 aromatic heterocycles. The molecule has 19 heavy (non-hydrogen) atoms. The van der Waals surface area contributed by atoms with Gasteiger partial charge in [-0.1, -0.05) is 37.3 Å². The molecule has 0 aliphatic rings. The lowest BCUT2D eigenvalue weighted by Crippen LogP contribution is -2.12. The first-order chi connectivity index (χ1) is 9.22. The van der Waals surface area contributed by atoms with E-state index in [1.807, 2.05) is 26.1 Å². The van der Waals surface area contributed by atoms with E-state index >= 15 is 0 Å². The van der Waals surface area contributed by atoms with Crippen molar-refractivity contribution in [3.8, 4) is 0 Å². The molecular formula is C15H20N4. The van der Waals surface area contributed by atoms with Gasteiger partial charge in [-0.05, 0) is 18.9 Å². The fourth-order valence-electron chi connectivity index (χ4n) is 2.04. The van der Waals surface area contributed by atoms with E-state index in [0.717, 1.165) is 17.9 Å². The third-order valence-electron chi connectivity index (χ3n) is 3.01. The lowest BCUT2D eigenvalue weighted by Gasteiger charge is -2.18. The van der Waals surface area contributed by atoms with Gasteiger partial charge < -0.3 is 10.6 Å². The predicted molar refractivity (Wildman–Crippen MR) is 79.4 cm³/mol. The fraction of sp³-hybridized carbons (Fsp3) is 0.333. The number of aryl methyl sites for hydroxylation is 1. The Bertz CT molecular complexity index is 525. The van der Waals surface area contributed by atoms with Crippen LogP contribution < -0.4 is 10.6 Å². The van der Waals surface area contributed by atoms with Crippen LogP contribution in [0.5, 0.6) is 0 Å². The minimum absolute atomic E-state index is 0.264. The number of nitrogens with one attached hydrogen (secondary N) is 2. The van der Waals surface area contributed by atoms with Crippen LogP contribution in [0.4, 0.5) is 11.8 Å². The molecule has 1 unspecified atom stereocenters. The number of nitrogens with zero attached hydrogens (tertiary/aromatic N) is 2. The van der Waals surface area contributed by atoms with Crippen LogP contribution in [0.1, 0.15) is 30.6 Å². The maximum absolute atomic E-state index is 4.43. The molecule has 1 aromatic carbocycles. The Morgan fingerprint density at radius 2 is 1.89 bits per heavy atom. The summed E-state index contributed by atoms with van der Waals surface area (Å²) in [7, 11) is 1.83. The van der Waals surface area contributed by atoms with Gasteiger partial charge in [0.15, 0.2) is 0 Å². The molecule has 2 N–H and O–H groups in total. The Balaban J connectivity index is 2.21. The van der Waals surface area contributed by atoms with E-state index in [0.29, 0.717) is 5.95 Å². The third-order valence-corrected chi connectivity index (χ3v) is 3.01. The van der Waals surface area contributed by atoms with E-state index in [2.05, 4.69) is 51.8 Å². The lowest BCUT2D eigenvalue weighted by molar-refractivity contribution is 0.743. The quantitative estimate of drug-likeness (QED) is 0.861. The molecule has 0 fully saturated rings. The van der Waals surface area contributed by atoms with Gasteiger partial charge in [0.05, 0.1) is 6.04 Å². The first-order valence-electron chi connectivity index (χ1n) is 6.58. The van der Waals surface area contributed by atoms with Gasteiger partial charge in [0.1, 0.15) is 5.82 Å². The molecule has 0 aliphatic heterocycles. The van der Waals surface area contributed by atoms with Crippen molar-refractivity contribution >= 4 is 11.8 Å². The molecule has 0 radical (unpaired) electrons. The van der Waals surface area contributed by atoms with Gasteiger partial charge in [0.25, 0.3) is 0 Å². The van der Waals surface area contributed by atoms with Gasteiger partial charge in [-0.3, -0.25) is 0 Å². The Kier molecular flexibility index (Phi) is 4.34. The number of hydrogen-bond donors (Lipinski definition) is 2. The zero-order chi connectivity index (χ0) is 13.7. The van der Waals surface area contributed by atoms with Gasteiger partial charge in [0, 0.05) is 18.8 Å². The van der Waals surface area contributed by atoms with E-state index in [1.165, 1.54) is 5.56 Å². The van der Waals surface area contributed by atoms with Crippen LogP contribution in [0.15, 0.2) is 36.4 Å². The molecule has 0 saturated carbocycles.